The molecule has 0 saturated carbocycles. The van der Waals surface area contributed by atoms with E-state index in [0.717, 1.165) is 18.7 Å². The molecule has 0 aromatic rings. The molecule has 0 aromatic heterocycles. The molecule has 1 amide bonds. The largest absolute Gasteiger partial charge is 0.335 e. The fraction of sp³-hybridized carbons (Fsp3) is 0.875. The van der Waals surface area contributed by atoms with Crippen LogP contribution in [0.3, 0.4) is 0 Å². The number of hydrogen-bond acceptors (Lipinski definition) is 3. The summed E-state index contributed by atoms with van der Waals surface area (Å²) in [7, 11) is 0. The van der Waals surface area contributed by atoms with E-state index in [4.69, 9.17) is 5.73 Å². The van der Waals surface area contributed by atoms with Crippen LogP contribution in [0, 0.1) is 0 Å². The first kappa shape index (κ1) is 9.86. The highest BCUT2D eigenvalue weighted by molar-refractivity contribution is 7.98. The maximum Gasteiger partial charge on any atom is 0.241 e. The minimum atomic E-state index is -0.221. The molecule has 0 aromatic carbocycles. The van der Waals surface area contributed by atoms with E-state index in [1.165, 1.54) is 0 Å². The van der Waals surface area contributed by atoms with Crippen molar-refractivity contribution in [3.05, 3.63) is 0 Å². The van der Waals surface area contributed by atoms with Crippen LogP contribution in [0.5, 0.6) is 0 Å². The number of carbonyl (C=O) groups is 1. The summed E-state index contributed by atoms with van der Waals surface area (Å²) < 4.78 is 0. The number of nitrogens with two attached hydrogens (primary N) is 1. The van der Waals surface area contributed by atoms with Crippen molar-refractivity contribution in [1.29, 1.82) is 0 Å². The summed E-state index contributed by atoms with van der Waals surface area (Å²) in [6.07, 6.45) is 3.09. The maximum absolute atomic E-state index is 11.2. The average Bonchev–Trinajstić information content (AvgIpc) is 2.10. The Hall–Kier alpha value is -0.220. The molecule has 1 heterocycles. The fourth-order valence-corrected chi connectivity index (χ4v) is 2.23. The molecule has 12 heavy (non-hydrogen) atoms. The van der Waals surface area contributed by atoms with Crippen LogP contribution in [-0.4, -0.2) is 41.4 Å². The molecule has 70 valence electrons. The van der Waals surface area contributed by atoms with Crippen LogP contribution in [0.25, 0.3) is 0 Å². The first-order chi connectivity index (χ1) is 5.70. The summed E-state index contributed by atoms with van der Waals surface area (Å²) in [5.41, 5.74) is 5.50. The van der Waals surface area contributed by atoms with Gasteiger partial charge in [0.15, 0.2) is 0 Å². The topological polar surface area (TPSA) is 46.3 Å². The monoisotopic (exact) mass is 188 g/mol. The van der Waals surface area contributed by atoms with E-state index in [1.807, 2.05) is 4.90 Å². The molecule has 2 unspecified atom stereocenters. The Morgan fingerprint density at radius 1 is 1.83 bits per heavy atom. The molecule has 0 bridgehead atoms. The van der Waals surface area contributed by atoms with Crippen LogP contribution >= 0.6 is 11.8 Å². The fourth-order valence-electron chi connectivity index (χ4n) is 1.43. The first-order valence-corrected chi connectivity index (χ1v) is 5.65. The van der Waals surface area contributed by atoms with Gasteiger partial charge in [-0.2, -0.15) is 11.8 Å². The van der Waals surface area contributed by atoms with Gasteiger partial charge in [-0.25, -0.2) is 0 Å². The molecule has 1 saturated heterocycles. The molecule has 3 nitrogen and oxygen atoms in total. The van der Waals surface area contributed by atoms with Gasteiger partial charge in [0, 0.05) is 18.3 Å². The predicted octanol–water partition coefficient (Wildman–Crippen LogP) is 0.298. The quantitative estimate of drug-likeness (QED) is 0.645. The van der Waals surface area contributed by atoms with Crippen molar-refractivity contribution in [2.45, 2.75) is 25.4 Å². The van der Waals surface area contributed by atoms with Gasteiger partial charge in [0.2, 0.25) is 5.91 Å². The molecule has 2 atom stereocenters. The van der Waals surface area contributed by atoms with E-state index in [1.54, 1.807) is 11.8 Å². The van der Waals surface area contributed by atoms with E-state index in [2.05, 4.69) is 13.2 Å². The van der Waals surface area contributed by atoms with Gasteiger partial charge in [-0.05, 0) is 12.7 Å². The highest BCUT2D eigenvalue weighted by Crippen LogP contribution is 2.17. The molecule has 1 aliphatic heterocycles. The molecule has 0 radical (unpaired) electrons. The Bertz CT molecular complexity index is 174. The molecule has 0 aliphatic carbocycles. The van der Waals surface area contributed by atoms with E-state index >= 15 is 0 Å². The lowest BCUT2D eigenvalue weighted by Crippen LogP contribution is -2.64. The van der Waals surface area contributed by atoms with Crippen molar-refractivity contribution in [3.63, 3.8) is 0 Å². The number of rotatable bonds is 4. The van der Waals surface area contributed by atoms with Crippen LogP contribution in [-0.2, 0) is 4.79 Å². The first-order valence-electron chi connectivity index (χ1n) is 4.25. The third-order valence-corrected chi connectivity index (χ3v) is 2.98. The lowest BCUT2D eigenvalue weighted by molar-refractivity contribution is -0.145. The molecule has 4 heteroatoms. The number of amides is 1. The van der Waals surface area contributed by atoms with Crippen molar-refractivity contribution >= 4 is 17.7 Å². The van der Waals surface area contributed by atoms with Gasteiger partial charge in [-0.1, -0.05) is 6.92 Å². The second kappa shape index (κ2) is 4.14. The van der Waals surface area contributed by atoms with Gasteiger partial charge in [0.1, 0.15) is 6.04 Å². The molecule has 1 aliphatic rings. The Kier molecular flexibility index (Phi) is 3.40. The maximum atomic E-state index is 11.2. The minimum Gasteiger partial charge on any atom is -0.335 e. The summed E-state index contributed by atoms with van der Waals surface area (Å²) in [5, 5.41) is 0. The van der Waals surface area contributed by atoms with Gasteiger partial charge in [0.25, 0.3) is 0 Å². The molecule has 2 N–H and O–H groups in total. The van der Waals surface area contributed by atoms with Gasteiger partial charge in [-0.15, -0.1) is 0 Å². The van der Waals surface area contributed by atoms with Crippen molar-refractivity contribution in [3.8, 4) is 0 Å². The predicted molar refractivity (Wildman–Crippen MR) is 52.1 cm³/mol. The lowest BCUT2D eigenvalue weighted by Gasteiger charge is -2.41. The smallest absolute Gasteiger partial charge is 0.241 e. The summed E-state index contributed by atoms with van der Waals surface area (Å²) in [6, 6.07) is 0.174. The highest BCUT2D eigenvalue weighted by atomic mass is 32.2. The average molecular weight is 188 g/mol. The van der Waals surface area contributed by atoms with E-state index in [0.29, 0.717) is 6.04 Å². The van der Waals surface area contributed by atoms with Gasteiger partial charge in [-0.3, -0.25) is 4.79 Å². The molecular formula is C8H16N2OS. The Balaban J connectivity index is 2.40. The molecular weight excluding hydrogens is 172 g/mol. The van der Waals surface area contributed by atoms with Crippen LogP contribution in [0.1, 0.15) is 13.3 Å². The number of thioether (sulfide) groups is 1. The zero-order valence-electron chi connectivity index (χ0n) is 7.62. The standard InChI is InChI=1S/C8H16N2OS/c1-3-6(5-12-2)10-4-7(9)8(10)11/h6-7H,3-5,9H2,1-2H3. The summed E-state index contributed by atoms with van der Waals surface area (Å²) in [4.78, 5) is 13.1. The van der Waals surface area contributed by atoms with Crippen LogP contribution < -0.4 is 5.73 Å². The summed E-state index contributed by atoms with van der Waals surface area (Å²) >= 11 is 1.78. The van der Waals surface area contributed by atoms with E-state index in [-0.39, 0.29) is 11.9 Å². The second-order valence-corrected chi connectivity index (χ2v) is 4.03. The molecule has 1 fully saturated rings. The minimum absolute atomic E-state index is 0.121. The SMILES string of the molecule is CCC(CSC)N1CC(N)C1=O. The highest BCUT2D eigenvalue weighted by Gasteiger charge is 2.37. The van der Waals surface area contributed by atoms with Gasteiger partial charge >= 0.3 is 0 Å². The Morgan fingerprint density at radius 2 is 2.50 bits per heavy atom. The Labute approximate surface area is 77.7 Å². The third kappa shape index (κ3) is 1.75. The number of likely N-dealkylation sites (tertiary alicyclic amines) is 1. The van der Waals surface area contributed by atoms with Gasteiger partial charge in [0.05, 0.1) is 0 Å². The van der Waals surface area contributed by atoms with E-state index < -0.39 is 0 Å². The third-order valence-electron chi connectivity index (χ3n) is 2.26. The van der Waals surface area contributed by atoms with Crippen LogP contribution in [0.2, 0.25) is 0 Å². The van der Waals surface area contributed by atoms with E-state index in [9.17, 15) is 4.79 Å². The van der Waals surface area contributed by atoms with Crippen LogP contribution in [0.15, 0.2) is 0 Å². The van der Waals surface area contributed by atoms with Crippen molar-refractivity contribution in [2.75, 3.05) is 18.6 Å². The second-order valence-electron chi connectivity index (χ2n) is 3.11. The zero-order chi connectivity index (χ0) is 9.14. The lowest BCUT2D eigenvalue weighted by atomic mass is 10.0. The molecule has 1 rings (SSSR count). The number of hydrogen-bond donors (Lipinski definition) is 1. The normalized spacial score (nSPS) is 25.4. The summed E-state index contributed by atoms with van der Waals surface area (Å²) in [5.74, 6) is 1.14. The Morgan fingerprint density at radius 3 is 2.83 bits per heavy atom. The number of carbonyl (C=O) groups excluding carboxylic acids is 1. The zero-order valence-corrected chi connectivity index (χ0v) is 8.43. The van der Waals surface area contributed by atoms with Gasteiger partial charge < -0.3 is 10.6 Å². The van der Waals surface area contributed by atoms with Crippen LogP contribution in [0.4, 0.5) is 0 Å². The molecule has 0 spiro atoms. The summed E-state index contributed by atoms with van der Waals surface area (Å²) in [6.45, 7) is 2.86. The van der Waals surface area contributed by atoms with Crippen molar-refractivity contribution in [1.82, 2.24) is 4.90 Å². The number of β-lactam (4-membered cyclic amide) rings is 1. The van der Waals surface area contributed by atoms with Crippen molar-refractivity contribution < 1.29 is 4.79 Å². The number of nitrogens with zero attached hydrogens (tertiary/aromatic N) is 1. The van der Waals surface area contributed by atoms with Crippen molar-refractivity contribution in [2.24, 2.45) is 5.73 Å².